The second-order valence-corrected chi connectivity index (χ2v) is 7.25. The second-order valence-electron chi connectivity index (χ2n) is 7.25. The third-order valence-corrected chi connectivity index (χ3v) is 8.28. The fourth-order valence-corrected chi connectivity index (χ4v) is 6.36. The highest BCUT2D eigenvalue weighted by Crippen LogP contribution is 3.01. The smallest absolute Gasteiger partial charge is 0.0145 e. The molecule has 0 heterocycles. The van der Waals surface area contributed by atoms with E-state index in [1.165, 1.54) is 12.8 Å². The highest BCUT2D eigenvalue weighted by Gasteiger charge is 2.97. The van der Waals surface area contributed by atoms with Crippen LogP contribution in [0.15, 0.2) is 0 Å². The molecule has 2 aliphatic carbocycles. The Labute approximate surface area is 95.8 Å². The molecule has 0 heteroatoms. The topological polar surface area (TPSA) is 0 Å². The predicted octanol–water partition coefficient (Wildman–Crippen LogP) is 4.89. The lowest BCUT2D eigenvalue weighted by Crippen LogP contribution is -2.60. The second kappa shape index (κ2) is 2.31. The lowest BCUT2D eigenvalue weighted by molar-refractivity contribution is -0.178. The van der Waals surface area contributed by atoms with Gasteiger partial charge in [-0.15, -0.1) is 0 Å². The minimum absolute atomic E-state index is 0.523. The van der Waals surface area contributed by atoms with E-state index in [0.717, 1.165) is 0 Å². The molecule has 4 atom stereocenters. The maximum atomic E-state index is 2.54. The molecule has 2 saturated carbocycles. The molecular formula is C15H28. The van der Waals surface area contributed by atoms with Crippen LogP contribution in [0.4, 0.5) is 0 Å². The van der Waals surface area contributed by atoms with E-state index in [1.807, 2.05) is 0 Å². The molecule has 2 fully saturated rings. The third kappa shape index (κ3) is 0.599. The lowest BCUT2D eigenvalue weighted by atomic mass is 9.39. The Morgan fingerprint density at radius 2 is 0.867 bits per heavy atom. The van der Waals surface area contributed by atoms with Crippen molar-refractivity contribution < 1.29 is 0 Å². The van der Waals surface area contributed by atoms with Gasteiger partial charge in [0.05, 0.1) is 0 Å². The minimum atomic E-state index is 0.523. The van der Waals surface area contributed by atoms with Crippen LogP contribution in [0.1, 0.15) is 68.2 Å². The summed E-state index contributed by atoms with van der Waals surface area (Å²) in [6.45, 7) is 19.9. The molecule has 0 spiro atoms. The number of hydrogen-bond acceptors (Lipinski definition) is 0. The number of rotatable bonds is 2. The van der Waals surface area contributed by atoms with Crippen LogP contribution in [-0.4, -0.2) is 0 Å². The zero-order valence-corrected chi connectivity index (χ0v) is 11.9. The maximum Gasteiger partial charge on any atom is -0.0145 e. The molecule has 0 nitrogen and oxygen atoms in total. The Hall–Kier alpha value is 0. The van der Waals surface area contributed by atoms with Crippen LogP contribution < -0.4 is 0 Å². The first-order valence-corrected chi connectivity index (χ1v) is 6.62. The van der Waals surface area contributed by atoms with Gasteiger partial charge in [0.25, 0.3) is 0 Å². The van der Waals surface area contributed by atoms with Gasteiger partial charge >= 0.3 is 0 Å². The van der Waals surface area contributed by atoms with Crippen molar-refractivity contribution in [2.24, 2.45) is 27.1 Å². The van der Waals surface area contributed by atoms with Gasteiger partial charge in [0.15, 0.2) is 0 Å². The van der Waals surface area contributed by atoms with Crippen molar-refractivity contribution in [3.63, 3.8) is 0 Å². The Morgan fingerprint density at radius 1 is 0.600 bits per heavy atom. The third-order valence-electron chi connectivity index (χ3n) is 8.28. The summed E-state index contributed by atoms with van der Waals surface area (Å²) in [7, 11) is 0. The van der Waals surface area contributed by atoms with E-state index >= 15 is 0 Å². The predicted molar refractivity (Wildman–Crippen MR) is 66.8 cm³/mol. The average Bonchev–Trinajstić information content (AvgIpc) is 2.55. The molecule has 0 amide bonds. The van der Waals surface area contributed by atoms with Crippen LogP contribution in [0.5, 0.6) is 0 Å². The fourth-order valence-electron chi connectivity index (χ4n) is 6.36. The molecule has 0 aromatic carbocycles. The van der Waals surface area contributed by atoms with E-state index in [9.17, 15) is 0 Å². The molecule has 2 rings (SSSR count). The van der Waals surface area contributed by atoms with Crippen molar-refractivity contribution in [3.8, 4) is 0 Å². The summed E-state index contributed by atoms with van der Waals surface area (Å²) in [6.07, 6.45) is 2.65. The highest BCUT2D eigenvalue weighted by molar-refractivity contribution is 5.44. The first kappa shape index (κ1) is 11.5. The maximum absolute atomic E-state index is 2.54. The largest absolute Gasteiger partial charge is 0.0648 e. The van der Waals surface area contributed by atoms with Crippen LogP contribution in [0, 0.1) is 27.1 Å². The van der Waals surface area contributed by atoms with Crippen LogP contribution in [-0.2, 0) is 0 Å². The zero-order chi connectivity index (χ0) is 11.9. The SMILES string of the molecule is CCC1(C)C(C)(CC)C2(C)C(C)(C)C12C. The fraction of sp³-hybridized carbons (Fsp3) is 1.00. The van der Waals surface area contributed by atoms with Gasteiger partial charge < -0.3 is 0 Å². The van der Waals surface area contributed by atoms with E-state index in [2.05, 4.69) is 55.4 Å². The van der Waals surface area contributed by atoms with Crippen molar-refractivity contribution in [2.45, 2.75) is 68.2 Å². The highest BCUT2D eigenvalue weighted by atomic mass is 15.0. The van der Waals surface area contributed by atoms with Gasteiger partial charge in [-0.25, -0.2) is 0 Å². The number of hydrogen-bond donors (Lipinski definition) is 0. The summed E-state index contributed by atoms with van der Waals surface area (Å²) in [5.74, 6) is 0. The zero-order valence-electron chi connectivity index (χ0n) is 11.9. The van der Waals surface area contributed by atoms with Crippen molar-refractivity contribution in [2.75, 3.05) is 0 Å². The summed E-state index contributed by atoms with van der Waals surface area (Å²) >= 11 is 0. The molecule has 0 aromatic rings. The van der Waals surface area contributed by atoms with Crippen molar-refractivity contribution in [1.82, 2.24) is 0 Å². The lowest BCUT2D eigenvalue weighted by Gasteiger charge is -2.65. The van der Waals surface area contributed by atoms with E-state index < -0.39 is 0 Å². The van der Waals surface area contributed by atoms with Crippen LogP contribution in [0.25, 0.3) is 0 Å². The van der Waals surface area contributed by atoms with E-state index in [-0.39, 0.29) is 0 Å². The molecular weight excluding hydrogens is 180 g/mol. The van der Waals surface area contributed by atoms with Crippen molar-refractivity contribution in [3.05, 3.63) is 0 Å². The summed E-state index contributed by atoms with van der Waals surface area (Å²) in [5.41, 5.74) is 2.72. The normalized spacial score (nSPS) is 60.8. The summed E-state index contributed by atoms with van der Waals surface area (Å²) < 4.78 is 0. The molecule has 0 bridgehead atoms. The van der Waals surface area contributed by atoms with Gasteiger partial charge in [0.1, 0.15) is 0 Å². The molecule has 4 unspecified atom stereocenters. The van der Waals surface area contributed by atoms with E-state index in [1.54, 1.807) is 0 Å². The van der Waals surface area contributed by atoms with Crippen molar-refractivity contribution >= 4 is 0 Å². The van der Waals surface area contributed by atoms with E-state index in [0.29, 0.717) is 27.1 Å². The monoisotopic (exact) mass is 208 g/mol. The Kier molecular flexibility index (Phi) is 1.77. The molecule has 0 aromatic heterocycles. The first-order valence-electron chi connectivity index (χ1n) is 6.62. The first-order chi connectivity index (χ1) is 6.62. The van der Waals surface area contributed by atoms with Gasteiger partial charge in [-0.1, -0.05) is 55.4 Å². The van der Waals surface area contributed by atoms with Crippen LogP contribution in [0.2, 0.25) is 0 Å². The van der Waals surface area contributed by atoms with Gasteiger partial charge in [0, 0.05) is 0 Å². The summed E-state index contributed by atoms with van der Waals surface area (Å²) in [5, 5.41) is 0. The van der Waals surface area contributed by atoms with Crippen LogP contribution >= 0.6 is 0 Å². The van der Waals surface area contributed by atoms with Gasteiger partial charge in [0.2, 0.25) is 0 Å². The molecule has 0 radical (unpaired) electrons. The molecule has 15 heavy (non-hydrogen) atoms. The van der Waals surface area contributed by atoms with Gasteiger partial charge in [-0.05, 0) is 39.9 Å². The van der Waals surface area contributed by atoms with Crippen molar-refractivity contribution in [1.29, 1.82) is 0 Å². The van der Waals surface area contributed by atoms with E-state index in [4.69, 9.17) is 0 Å². The summed E-state index contributed by atoms with van der Waals surface area (Å²) in [4.78, 5) is 0. The quantitative estimate of drug-likeness (QED) is 0.606. The molecule has 88 valence electrons. The van der Waals surface area contributed by atoms with Crippen LogP contribution in [0.3, 0.4) is 0 Å². The molecule has 2 aliphatic rings. The minimum Gasteiger partial charge on any atom is -0.0648 e. The number of fused-ring (bicyclic) bond motifs is 1. The Balaban J connectivity index is 2.56. The Bertz CT molecular complexity index is 286. The van der Waals surface area contributed by atoms with Gasteiger partial charge in [-0.3, -0.25) is 0 Å². The average molecular weight is 208 g/mol. The molecule has 0 N–H and O–H groups in total. The molecule has 0 saturated heterocycles. The standard InChI is InChI=1S/C15H28/c1-9-12(5)13(6,10-2)15(8)11(3,4)14(12,15)7/h9-10H2,1-8H3. The summed E-state index contributed by atoms with van der Waals surface area (Å²) in [6, 6.07) is 0. The van der Waals surface area contributed by atoms with Gasteiger partial charge in [-0.2, -0.15) is 0 Å². The molecule has 0 aliphatic heterocycles. The Morgan fingerprint density at radius 3 is 1.07 bits per heavy atom.